The Kier molecular flexibility index (Phi) is 10.3. The lowest BCUT2D eigenvalue weighted by Gasteiger charge is -2.50. The van der Waals surface area contributed by atoms with Crippen molar-refractivity contribution in [1.29, 1.82) is 0 Å². The minimum atomic E-state index is -1.98. The second-order valence-corrected chi connectivity index (χ2v) is 15.8. The SMILES string of the molecule is O=C(O)[C@H]1[C@H](CC2(c3ccccc3)CCCCC2)c2cc(O)c3c(c2N1C(=O)/C=C/c1ccc(O)c(Cc2cnc[nH]2)c1)CC[C@@]1(O3)O[C@H](CO)[C@@H](O)[C@H](O)[C@H]1O. The molecular formula is C43H47N3O11. The average molecular weight is 782 g/mol. The maximum atomic E-state index is 14.6. The van der Waals surface area contributed by atoms with Crippen LogP contribution in [0.25, 0.3) is 6.08 Å². The Bertz CT molecular complexity index is 2150. The fraction of sp³-hybridized carbons (Fsp3) is 0.419. The van der Waals surface area contributed by atoms with Crippen molar-refractivity contribution in [2.45, 2.75) is 105 Å². The summed E-state index contributed by atoms with van der Waals surface area (Å²) in [5, 5.41) is 75.6. The first-order valence-electron chi connectivity index (χ1n) is 19.4. The first kappa shape index (κ1) is 38.6. The standard InChI is InChI=1S/C43H47N3O11/c47-22-33-37(51)38(52)40(53)43(56-33)16-13-28-35-29(19-32(49)39(28)57-43)30(20-42(14-5-2-6-15-42)26-7-3-1-4-8-26)36(41(54)55)46(35)34(50)12-10-24-9-11-31(48)25(17-24)18-27-21-44-23-45-27/h1,3-4,7-12,17,19,21,23,30,33,36-38,40,47-49,51-53H,2,5-6,13-16,18,20,22H2,(H,44,45)(H,54,55)/b12-10+/t30-,33-,36-,37-,38+,40-,43+/m1/s1. The van der Waals surface area contributed by atoms with Gasteiger partial charge in [0.15, 0.2) is 11.5 Å². The minimum absolute atomic E-state index is 0.00932. The van der Waals surface area contributed by atoms with Gasteiger partial charge in [0.05, 0.1) is 18.6 Å². The number of amides is 1. The zero-order valence-corrected chi connectivity index (χ0v) is 31.2. The number of ether oxygens (including phenoxy) is 2. The number of benzene rings is 3. The molecular weight excluding hydrogens is 734 g/mol. The molecule has 0 radical (unpaired) electrons. The van der Waals surface area contributed by atoms with Gasteiger partial charge in [-0.3, -0.25) is 9.69 Å². The van der Waals surface area contributed by atoms with Crippen molar-refractivity contribution >= 4 is 23.6 Å². The molecule has 3 aliphatic heterocycles. The summed E-state index contributed by atoms with van der Waals surface area (Å²) in [7, 11) is 0. The van der Waals surface area contributed by atoms with E-state index in [9.17, 15) is 45.3 Å². The van der Waals surface area contributed by atoms with E-state index in [1.54, 1.807) is 24.4 Å². The van der Waals surface area contributed by atoms with E-state index in [0.29, 0.717) is 35.1 Å². The van der Waals surface area contributed by atoms with Gasteiger partial charge >= 0.3 is 5.97 Å². The van der Waals surface area contributed by atoms with E-state index in [2.05, 4.69) is 22.1 Å². The highest BCUT2D eigenvalue weighted by molar-refractivity contribution is 6.10. The van der Waals surface area contributed by atoms with Gasteiger partial charge in [0.2, 0.25) is 5.79 Å². The van der Waals surface area contributed by atoms with Crippen molar-refractivity contribution < 1.29 is 54.8 Å². The number of aromatic hydroxyl groups is 2. The smallest absolute Gasteiger partial charge is 0.327 e. The number of hydrogen-bond donors (Lipinski definition) is 8. The normalized spacial score (nSPS) is 27.9. The number of aromatic nitrogens is 2. The van der Waals surface area contributed by atoms with Gasteiger partial charge in [-0.05, 0) is 72.1 Å². The van der Waals surface area contributed by atoms with Crippen LogP contribution in [0.1, 0.15) is 84.4 Å². The van der Waals surface area contributed by atoms with Crippen molar-refractivity contribution in [3.8, 4) is 17.2 Å². The molecule has 1 amide bonds. The predicted molar refractivity (Wildman–Crippen MR) is 206 cm³/mol. The van der Waals surface area contributed by atoms with E-state index in [0.717, 1.165) is 43.4 Å². The van der Waals surface area contributed by atoms with Gasteiger partial charge in [0, 0.05) is 47.9 Å². The van der Waals surface area contributed by atoms with Crippen molar-refractivity contribution in [2.75, 3.05) is 11.5 Å². The van der Waals surface area contributed by atoms with Gasteiger partial charge in [-0.2, -0.15) is 0 Å². The molecule has 300 valence electrons. The van der Waals surface area contributed by atoms with Gasteiger partial charge in [0.25, 0.3) is 5.91 Å². The summed E-state index contributed by atoms with van der Waals surface area (Å²) in [5.41, 5.74) is 3.72. The third-order valence-corrected chi connectivity index (χ3v) is 12.4. The quantitative estimate of drug-likeness (QED) is 0.114. The molecule has 14 nitrogen and oxygen atoms in total. The molecule has 1 aromatic heterocycles. The third kappa shape index (κ3) is 6.84. The van der Waals surface area contributed by atoms with E-state index in [1.165, 1.54) is 29.4 Å². The van der Waals surface area contributed by atoms with Crippen LogP contribution in [0.4, 0.5) is 5.69 Å². The van der Waals surface area contributed by atoms with Gasteiger partial charge < -0.3 is 50.2 Å². The summed E-state index contributed by atoms with van der Waals surface area (Å²) in [6.45, 7) is -0.690. The van der Waals surface area contributed by atoms with E-state index in [-0.39, 0.29) is 35.8 Å². The number of carboxylic acid groups (broad SMARTS) is 1. The van der Waals surface area contributed by atoms with Crippen LogP contribution < -0.4 is 9.64 Å². The lowest BCUT2D eigenvalue weighted by molar-refractivity contribution is -0.342. The molecule has 2 fully saturated rings. The monoisotopic (exact) mass is 781 g/mol. The number of hydrogen-bond acceptors (Lipinski definition) is 11. The number of phenols is 2. The van der Waals surface area contributed by atoms with Gasteiger partial charge in [-0.25, -0.2) is 9.78 Å². The molecule has 1 spiro atoms. The highest BCUT2D eigenvalue weighted by Gasteiger charge is 2.58. The molecule has 1 aliphatic carbocycles. The number of rotatable bonds is 9. The Labute approximate surface area is 328 Å². The van der Waals surface area contributed by atoms with Crippen LogP contribution in [0.5, 0.6) is 17.2 Å². The predicted octanol–water partition coefficient (Wildman–Crippen LogP) is 3.80. The summed E-state index contributed by atoms with van der Waals surface area (Å²) >= 11 is 0. The number of carbonyl (C=O) groups excluding carboxylic acids is 1. The molecule has 8 N–H and O–H groups in total. The Hall–Kier alpha value is -5.25. The zero-order chi connectivity index (χ0) is 40.1. The van der Waals surface area contributed by atoms with Crippen molar-refractivity contribution in [2.24, 2.45) is 0 Å². The fourth-order valence-corrected chi connectivity index (χ4v) is 9.63. The van der Waals surface area contributed by atoms with E-state index >= 15 is 0 Å². The number of aliphatic carboxylic acids is 1. The molecule has 4 heterocycles. The number of nitrogens with zero attached hydrogens (tertiary/aromatic N) is 2. The lowest BCUT2D eigenvalue weighted by Crippen LogP contribution is -2.68. The highest BCUT2D eigenvalue weighted by atomic mass is 16.7. The number of H-pyrrole nitrogens is 1. The van der Waals surface area contributed by atoms with Crippen molar-refractivity contribution in [3.63, 3.8) is 0 Å². The molecule has 57 heavy (non-hydrogen) atoms. The molecule has 3 aromatic carbocycles. The molecule has 4 aliphatic rings. The molecule has 7 atom stereocenters. The maximum absolute atomic E-state index is 14.6. The number of anilines is 1. The second kappa shape index (κ2) is 15.3. The van der Waals surface area contributed by atoms with Gasteiger partial charge in [0.1, 0.15) is 36.2 Å². The molecule has 1 saturated carbocycles. The number of carbonyl (C=O) groups is 2. The van der Waals surface area contributed by atoms with E-state index < -0.39 is 66.1 Å². The van der Waals surface area contributed by atoms with Crippen LogP contribution in [0.3, 0.4) is 0 Å². The van der Waals surface area contributed by atoms with E-state index in [4.69, 9.17) is 9.47 Å². The lowest BCUT2D eigenvalue weighted by atomic mass is 9.63. The average Bonchev–Trinajstić information content (AvgIpc) is 3.85. The zero-order valence-electron chi connectivity index (χ0n) is 31.2. The Morgan fingerprint density at radius 2 is 1.74 bits per heavy atom. The number of nitrogens with one attached hydrogen (secondary N) is 1. The summed E-state index contributed by atoms with van der Waals surface area (Å²) in [6.07, 6.45) is 4.82. The summed E-state index contributed by atoms with van der Waals surface area (Å²) < 4.78 is 12.1. The van der Waals surface area contributed by atoms with Crippen LogP contribution in [-0.2, 0) is 32.6 Å². The first-order chi connectivity index (χ1) is 27.4. The van der Waals surface area contributed by atoms with Gasteiger partial charge in [-0.1, -0.05) is 55.7 Å². The minimum Gasteiger partial charge on any atom is -0.508 e. The van der Waals surface area contributed by atoms with Crippen molar-refractivity contribution in [3.05, 3.63) is 107 Å². The van der Waals surface area contributed by atoms with Crippen LogP contribution in [0.2, 0.25) is 0 Å². The molecule has 4 aromatic rings. The molecule has 0 bridgehead atoms. The van der Waals surface area contributed by atoms with Crippen molar-refractivity contribution in [1.82, 2.24) is 9.97 Å². The number of carboxylic acids is 1. The van der Waals surface area contributed by atoms with E-state index in [1.807, 2.05) is 18.2 Å². The first-order valence-corrected chi connectivity index (χ1v) is 19.4. The second-order valence-electron chi connectivity index (χ2n) is 15.8. The van der Waals surface area contributed by atoms with Gasteiger partial charge in [-0.15, -0.1) is 0 Å². The Balaban J connectivity index is 1.22. The topological polar surface area (TPSA) is 226 Å². The Morgan fingerprint density at radius 3 is 2.44 bits per heavy atom. The highest BCUT2D eigenvalue weighted by Crippen LogP contribution is 2.58. The molecule has 14 heteroatoms. The summed E-state index contributed by atoms with van der Waals surface area (Å²) in [4.78, 5) is 36.5. The number of aliphatic hydroxyl groups excluding tert-OH is 4. The van der Waals surface area contributed by atoms with Crippen LogP contribution in [0, 0.1) is 0 Å². The van der Waals surface area contributed by atoms with Crippen LogP contribution in [-0.4, -0.2) is 100 Å². The number of aromatic amines is 1. The number of fused-ring (bicyclic) bond motifs is 3. The third-order valence-electron chi connectivity index (χ3n) is 12.4. The summed E-state index contributed by atoms with van der Waals surface area (Å²) in [6, 6.07) is 15.0. The van der Waals surface area contributed by atoms with Crippen LogP contribution >= 0.6 is 0 Å². The number of imidazole rings is 1. The maximum Gasteiger partial charge on any atom is 0.327 e. The number of phenolic OH excluding ortho intramolecular Hbond substituents is 2. The largest absolute Gasteiger partial charge is 0.508 e. The molecule has 8 rings (SSSR count). The number of aliphatic hydroxyl groups is 4. The fourth-order valence-electron chi connectivity index (χ4n) is 9.63. The van der Waals surface area contributed by atoms with Crippen LogP contribution in [0.15, 0.2) is 73.2 Å². The summed E-state index contributed by atoms with van der Waals surface area (Å²) in [5.74, 6) is -5.05. The Morgan fingerprint density at radius 1 is 0.965 bits per heavy atom. The molecule has 0 unspecified atom stereocenters. The molecule has 1 saturated heterocycles.